The van der Waals surface area contributed by atoms with Crippen LogP contribution in [0.2, 0.25) is 0 Å². The van der Waals surface area contributed by atoms with Gasteiger partial charge in [0.25, 0.3) is 10.0 Å². The fraction of sp³-hybridized carbons (Fsp3) is 0.105. The summed E-state index contributed by atoms with van der Waals surface area (Å²) < 4.78 is 27.7. The van der Waals surface area contributed by atoms with Crippen LogP contribution in [0.5, 0.6) is 0 Å². The maximum absolute atomic E-state index is 13.2. The summed E-state index contributed by atoms with van der Waals surface area (Å²) in [5.41, 5.74) is 2.30. The van der Waals surface area contributed by atoms with E-state index in [-0.39, 0.29) is 4.90 Å². The molecule has 1 heterocycles. The number of hydrogen-bond donors (Lipinski definition) is 0. The van der Waals surface area contributed by atoms with Crippen LogP contribution in [0.1, 0.15) is 16.8 Å². The summed E-state index contributed by atoms with van der Waals surface area (Å²) in [5, 5.41) is 10.2. The van der Waals surface area contributed by atoms with Gasteiger partial charge in [0.15, 0.2) is 0 Å². The third-order valence-corrected chi connectivity index (χ3v) is 5.70. The number of para-hydroxylation sites is 1. The van der Waals surface area contributed by atoms with Gasteiger partial charge in [-0.15, -0.1) is 6.58 Å². The Bertz CT molecular complexity index is 1070. The monoisotopic (exact) mass is 336 g/mol. The van der Waals surface area contributed by atoms with Gasteiger partial charge < -0.3 is 0 Å². The van der Waals surface area contributed by atoms with E-state index >= 15 is 0 Å². The van der Waals surface area contributed by atoms with E-state index in [0.717, 1.165) is 5.56 Å². The molecule has 0 saturated carbocycles. The van der Waals surface area contributed by atoms with E-state index in [9.17, 15) is 13.7 Å². The highest BCUT2D eigenvalue weighted by molar-refractivity contribution is 7.90. The largest absolute Gasteiger partial charge is 0.268 e. The lowest BCUT2D eigenvalue weighted by molar-refractivity contribution is 0.587. The molecule has 0 aliphatic heterocycles. The summed E-state index contributed by atoms with van der Waals surface area (Å²) in [6.07, 6.45) is 1.90. The van der Waals surface area contributed by atoms with Crippen molar-refractivity contribution in [2.24, 2.45) is 0 Å². The molecule has 4 nitrogen and oxygen atoms in total. The summed E-state index contributed by atoms with van der Waals surface area (Å²) in [7, 11) is -3.81. The van der Waals surface area contributed by atoms with Crippen molar-refractivity contribution in [1.29, 1.82) is 5.26 Å². The Hall–Kier alpha value is -2.84. The van der Waals surface area contributed by atoms with E-state index in [0.29, 0.717) is 28.6 Å². The topological polar surface area (TPSA) is 62.9 Å². The second-order valence-corrected chi connectivity index (χ2v) is 7.31. The molecule has 0 saturated heterocycles. The zero-order valence-corrected chi connectivity index (χ0v) is 14.0. The zero-order chi connectivity index (χ0) is 17.3. The van der Waals surface area contributed by atoms with Crippen molar-refractivity contribution in [2.45, 2.75) is 18.2 Å². The molecule has 24 heavy (non-hydrogen) atoms. The van der Waals surface area contributed by atoms with Crippen molar-refractivity contribution >= 4 is 20.9 Å². The van der Waals surface area contributed by atoms with Crippen LogP contribution >= 0.6 is 0 Å². The van der Waals surface area contributed by atoms with Crippen LogP contribution in [0.4, 0.5) is 0 Å². The number of fused-ring (bicyclic) bond motifs is 1. The average Bonchev–Trinajstić information content (AvgIpc) is 2.89. The molecular formula is C19H16N2O2S. The quantitative estimate of drug-likeness (QED) is 0.681. The van der Waals surface area contributed by atoms with Crippen LogP contribution in [0.25, 0.3) is 10.9 Å². The highest BCUT2D eigenvalue weighted by Gasteiger charge is 2.26. The minimum Gasteiger partial charge on any atom is -0.236 e. The smallest absolute Gasteiger partial charge is 0.236 e. The summed E-state index contributed by atoms with van der Waals surface area (Å²) in [4.78, 5) is 0.198. The summed E-state index contributed by atoms with van der Waals surface area (Å²) >= 11 is 0. The van der Waals surface area contributed by atoms with E-state index in [1.807, 2.05) is 6.92 Å². The van der Waals surface area contributed by atoms with E-state index < -0.39 is 10.0 Å². The lowest BCUT2D eigenvalue weighted by Gasteiger charge is -2.11. The van der Waals surface area contributed by atoms with E-state index in [1.165, 1.54) is 3.97 Å². The second-order valence-electron chi connectivity index (χ2n) is 5.53. The molecule has 0 bridgehead atoms. The van der Waals surface area contributed by atoms with Crippen molar-refractivity contribution in [3.8, 4) is 6.07 Å². The Kier molecular flexibility index (Phi) is 4.00. The summed E-state index contributed by atoms with van der Waals surface area (Å²) in [5.74, 6) is 0. The van der Waals surface area contributed by atoms with Gasteiger partial charge in [-0.3, -0.25) is 0 Å². The predicted octanol–water partition coefficient (Wildman–Crippen LogP) is 3.79. The van der Waals surface area contributed by atoms with Crippen molar-refractivity contribution in [3.05, 3.63) is 78.0 Å². The number of nitrogens with zero attached hydrogens (tertiary/aromatic N) is 2. The molecule has 0 fully saturated rings. The average molecular weight is 336 g/mol. The molecule has 0 atom stereocenters. The van der Waals surface area contributed by atoms with E-state index in [1.54, 1.807) is 54.6 Å². The molecule has 2 aromatic carbocycles. The van der Waals surface area contributed by atoms with Crippen molar-refractivity contribution in [3.63, 3.8) is 0 Å². The van der Waals surface area contributed by atoms with Gasteiger partial charge in [-0.25, -0.2) is 12.4 Å². The third kappa shape index (κ3) is 2.41. The predicted molar refractivity (Wildman–Crippen MR) is 94.3 cm³/mol. The molecule has 0 aliphatic rings. The van der Waals surface area contributed by atoms with Gasteiger partial charge in [0.05, 0.1) is 21.7 Å². The number of aromatic nitrogens is 1. The first kappa shape index (κ1) is 16.0. The minimum absolute atomic E-state index is 0.198. The standard InChI is InChI=1S/C19H16N2O2S/c1-3-6-18-17(13-20)16-7-4-5-8-19(16)21(18)24(22,23)15-11-9-14(2)10-12-15/h3-5,7-12H,1,6H2,2H3. The highest BCUT2D eigenvalue weighted by Crippen LogP contribution is 2.30. The first-order valence-electron chi connectivity index (χ1n) is 7.46. The van der Waals surface area contributed by atoms with Crippen LogP contribution in [0, 0.1) is 18.3 Å². The molecule has 3 rings (SSSR count). The molecule has 0 aliphatic carbocycles. The Morgan fingerprint density at radius 3 is 2.46 bits per heavy atom. The normalized spacial score (nSPS) is 11.3. The van der Waals surface area contributed by atoms with Crippen molar-refractivity contribution in [1.82, 2.24) is 3.97 Å². The summed E-state index contributed by atoms with van der Waals surface area (Å²) in [6, 6.07) is 15.9. The van der Waals surface area contributed by atoms with Gasteiger partial charge >= 0.3 is 0 Å². The molecule has 0 N–H and O–H groups in total. The molecule has 0 spiro atoms. The Balaban J connectivity index is 2.40. The molecule has 0 radical (unpaired) electrons. The van der Waals surface area contributed by atoms with Gasteiger partial charge in [-0.1, -0.05) is 42.0 Å². The number of aryl methyl sites for hydroxylation is 1. The lowest BCUT2D eigenvalue weighted by atomic mass is 10.1. The second kappa shape index (κ2) is 5.99. The van der Waals surface area contributed by atoms with Crippen LogP contribution in [0.3, 0.4) is 0 Å². The van der Waals surface area contributed by atoms with Crippen LogP contribution < -0.4 is 0 Å². The number of nitriles is 1. The van der Waals surface area contributed by atoms with Crippen LogP contribution in [-0.2, 0) is 16.4 Å². The number of benzene rings is 2. The first-order chi connectivity index (χ1) is 11.5. The lowest BCUT2D eigenvalue weighted by Crippen LogP contribution is -2.16. The fourth-order valence-electron chi connectivity index (χ4n) is 2.80. The molecule has 0 unspecified atom stereocenters. The van der Waals surface area contributed by atoms with E-state index in [2.05, 4.69) is 12.6 Å². The Labute approximate surface area is 141 Å². The molecule has 120 valence electrons. The van der Waals surface area contributed by atoms with Gasteiger partial charge in [0, 0.05) is 11.8 Å². The van der Waals surface area contributed by atoms with Gasteiger partial charge in [-0.05, 0) is 25.1 Å². The van der Waals surface area contributed by atoms with Crippen molar-refractivity contribution < 1.29 is 8.42 Å². The van der Waals surface area contributed by atoms with Gasteiger partial charge in [0.2, 0.25) is 0 Å². The highest BCUT2D eigenvalue weighted by atomic mass is 32.2. The number of rotatable bonds is 4. The van der Waals surface area contributed by atoms with Gasteiger partial charge in [0.1, 0.15) is 6.07 Å². The van der Waals surface area contributed by atoms with Crippen molar-refractivity contribution in [2.75, 3.05) is 0 Å². The molecular weight excluding hydrogens is 320 g/mol. The number of hydrogen-bond acceptors (Lipinski definition) is 3. The maximum Gasteiger partial charge on any atom is 0.268 e. The molecule has 5 heteroatoms. The Morgan fingerprint density at radius 1 is 1.17 bits per heavy atom. The van der Waals surface area contributed by atoms with Crippen LogP contribution in [0.15, 0.2) is 66.1 Å². The molecule has 1 aromatic heterocycles. The van der Waals surface area contributed by atoms with Crippen LogP contribution in [-0.4, -0.2) is 12.4 Å². The molecule has 3 aromatic rings. The first-order valence-corrected chi connectivity index (χ1v) is 8.90. The zero-order valence-electron chi connectivity index (χ0n) is 13.2. The SMILES string of the molecule is C=CCc1c(C#N)c2ccccc2n1S(=O)(=O)c1ccc(C)cc1. The van der Waals surface area contributed by atoms with Gasteiger partial charge in [-0.2, -0.15) is 5.26 Å². The van der Waals surface area contributed by atoms with E-state index in [4.69, 9.17) is 0 Å². The fourth-order valence-corrected chi connectivity index (χ4v) is 4.37. The Morgan fingerprint density at radius 2 is 1.83 bits per heavy atom. The molecule has 0 amide bonds. The number of allylic oxidation sites excluding steroid dienone is 1. The minimum atomic E-state index is -3.81. The summed E-state index contributed by atoms with van der Waals surface area (Å²) in [6.45, 7) is 5.59. The maximum atomic E-state index is 13.2. The third-order valence-electron chi connectivity index (χ3n) is 3.93.